The molecule has 0 aliphatic heterocycles. The van der Waals surface area contributed by atoms with E-state index in [1.54, 1.807) is 6.07 Å². The van der Waals surface area contributed by atoms with Crippen molar-refractivity contribution in [2.45, 2.75) is 6.16 Å². The lowest BCUT2D eigenvalue weighted by atomic mass is 10.4. The van der Waals surface area contributed by atoms with Crippen LogP contribution < -0.4 is 15.9 Å². The second-order valence-electron chi connectivity index (χ2n) is 6.47. The van der Waals surface area contributed by atoms with E-state index in [0.29, 0.717) is 11.9 Å². The van der Waals surface area contributed by atoms with Gasteiger partial charge in [0.05, 0.1) is 6.07 Å². The highest BCUT2D eigenvalue weighted by Gasteiger charge is 2.46. The van der Waals surface area contributed by atoms with Crippen LogP contribution in [0, 0.1) is 10.1 Å². The number of hydrogen-bond acceptors (Lipinski definition) is 3. The van der Waals surface area contributed by atoms with Crippen LogP contribution in [-0.4, -0.2) is 4.92 Å². The van der Waals surface area contributed by atoms with Gasteiger partial charge >= 0.3 is 5.88 Å². The molecule has 4 aromatic rings. The third kappa shape index (κ3) is 3.35. The highest BCUT2D eigenvalue weighted by Crippen LogP contribution is 2.58. The van der Waals surface area contributed by atoms with Gasteiger partial charge in [-0.3, -0.25) is 10.1 Å². The van der Waals surface area contributed by atoms with Gasteiger partial charge in [0, 0.05) is 0 Å². The van der Waals surface area contributed by atoms with Gasteiger partial charge in [-0.1, -0.05) is 54.6 Å². The first kappa shape index (κ1) is 18.1. The summed E-state index contributed by atoms with van der Waals surface area (Å²) in [4.78, 5) is 10.6. The van der Waals surface area contributed by atoms with Crippen LogP contribution in [0.15, 0.2) is 108 Å². The monoisotopic (exact) mass is 388 g/mol. The second kappa shape index (κ2) is 7.79. The zero-order chi connectivity index (χ0) is 19.4. The summed E-state index contributed by atoms with van der Waals surface area (Å²) in [5.74, 6) is 0.402. The molecule has 0 unspecified atom stereocenters. The summed E-state index contributed by atoms with van der Waals surface area (Å²) in [5, 5.41) is 14.8. The van der Waals surface area contributed by atoms with Crippen molar-refractivity contribution in [2.75, 3.05) is 0 Å². The maximum absolute atomic E-state index is 11.1. The van der Waals surface area contributed by atoms with Crippen molar-refractivity contribution < 1.29 is 9.34 Å². The molecule has 0 aliphatic carbocycles. The van der Waals surface area contributed by atoms with Crippen molar-refractivity contribution in [3.8, 4) is 0 Å². The van der Waals surface area contributed by atoms with Crippen LogP contribution in [0.2, 0.25) is 0 Å². The van der Waals surface area contributed by atoms with Crippen LogP contribution in [-0.2, 0) is 6.16 Å². The topological polar surface area (TPSA) is 56.3 Å². The van der Waals surface area contributed by atoms with E-state index in [4.69, 9.17) is 4.42 Å². The van der Waals surface area contributed by atoms with E-state index in [1.807, 2.05) is 54.6 Å². The highest BCUT2D eigenvalue weighted by molar-refractivity contribution is 7.95. The van der Waals surface area contributed by atoms with Gasteiger partial charge in [0.15, 0.2) is 0 Å². The zero-order valence-electron chi connectivity index (χ0n) is 15.1. The molecule has 5 heteroatoms. The summed E-state index contributed by atoms with van der Waals surface area (Å²) >= 11 is 0. The van der Waals surface area contributed by atoms with Crippen LogP contribution in [0.3, 0.4) is 0 Å². The molecule has 28 heavy (non-hydrogen) atoms. The predicted octanol–water partition coefficient (Wildman–Crippen LogP) is 4.68. The van der Waals surface area contributed by atoms with E-state index in [1.165, 1.54) is 22.0 Å². The number of nitrogens with zero attached hydrogens (tertiary/aromatic N) is 1. The van der Waals surface area contributed by atoms with Crippen LogP contribution >= 0.6 is 7.26 Å². The first-order valence-corrected chi connectivity index (χ1v) is 11.0. The summed E-state index contributed by atoms with van der Waals surface area (Å²) in [5.41, 5.74) is 0. The smallest absolute Gasteiger partial charge is 0.402 e. The Morgan fingerprint density at radius 3 is 1.46 bits per heavy atom. The Balaban J connectivity index is 1.96. The van der Waals surface area contributed by atoms with Crippen molar-refractivity contribution in [1.29, 1.82) is 0 Å². The van der Waals surface area contributed by atoms with E-state index in [2.05, 4.69) is 36.4 Å². The standard InChI is InChI=1S/C23H19NO3P/c25-24(26)23-17-16-19(27-23)18-28(20-10-4-1-5-11-20,21-12-6-2-7-13-21)22-14-8-3-9-15-22/h1-17H,18H2/q+1. The molecule has 0 radical (unpaired) electrons. The lowest BCUT2D eigenvalue weighted by Crippen LogP contribution is -2.32. The molecule has 0 bridgehead atoms. The van der Waals surface area contributed by atoms with Crippen LogP contribution in [0.5, 0.6) is 0 Å². The SMILES string of the molecule is O=[N+]([O-])c1ccc(C[P+](c2ccccc2)(c2ccccc2)c2ccccc2)o1. The molecule has 3 aromatic carbocycles. The van der Waals surface area contributed by atoms with Crippen molar-refractivity contribution >= 4 is 29.1 Å². The van der Waals surface area contributed by atoms with E-state index in [-0.39, 0.29) is 5.88 Å². The average molecular weight is 388 g/mol. The molecule has 1 heterocycles. The van der Waals surface area contributed by atoms with Crippen LogP contribution in [0.1, 0.15) is 5.76 Å². The summed E-state index contributed by atoms with van der Waals surface area (Å²) in [6, 6.07) is 34.3. The van der Waals surface area contributed by atoms with Gasteiger partial charge in [-0.25, -0.2) is 0 Å². The molecule has 138 valence electrons. The zero-order valence-corrected chi connectivity index (χ0v) is 16.0. The predicted molar refractivity (Wildman–Crippen MR) is 114 cm³/mol. The average Bonchev–Trinajstić information content (AvgIpc) is 3.23. The maximum Gasteiger partial charge on any atom is 0.433 e. The Labute approximate surface area is 163 Å². The Morgan fingerprint density at radius 2 is 1.11 bits per heavy atom. The normalized spacial score (nSPS) is 11.3. The second-order valence-corrected chi connectivity index (χ2v) is 9.96. The van der Waals surface area contributed by atoms with Gasteiger partial charge in [-0.05, 0) is 42.5 Å². The summed E-state index contributed by atoms with van der Waals surface area (Å²) < 4.78 is 5.59. The van der Waals surface area contributed by atoms with Crippen LogP contribution in [0.25, 0.3) is 0 Å². The molecule has 0 N–H and O–H groups in total. The number of furan rings is 1. The van der Waals surface area contributed by atoms with Crippen molar-refractivity contribution in [3.05, 3.63) is 119 Å². The van der Waals surface area contributed by atoms with Crippen molar-refractivity contribution in [3.63, 3.8) is 0 Å². The molecule has 1 aromatic heterocycles. The maximum atomic E-state index is 11.1. The van der Waals surface area contributed by atoms with Gasteiger partial charge in [0.2, 0.25) is 0 Å². The number of nitro groups is 1. The van der Waals surface area contributed by atoms with Crippen molar-refractivity contribution in [2.24, 2.45) is 0 Å². The Morgan fingerprint density at radius 1 is 0.679 bits per heavy atom. The summed E-state index contributed by atoms with van der Waals surface area (Å²) in [6.07, 6.45) is 0.582. The minimum absolute atomic E-state index is 0.220. The van der Waals surface area contributed by atoms with Gasteiger partial charge in [0.1, 0.15) is 40.0 Å². The minimum Gasteiger partial charge on any atom is -0.402 e. The van der Waals surface area contributed by atoms with Gasteiger partial charge < -0.3 is 4.42 Å². The lowest BCUT2D eigenvalue weighted by Gasteiger charge is -2.26. The molecule has 0 fully saturated rings. The molecule has 0 saturated heterocycles. The molecular formula is C23H19NO3P+. The molecule has 4 rings (SSSR count). The molecule has 0 spiro atoms. The molecule has 0 aliphatic rings. The molecular weight excluding hydrogens is 369 g/mol. The fraction of sp³-hybridized carbons (Fsp3) is 0.0435. The molecule has 0 atom stereocenters. The fourth-order valence-corrected chi connectivity index (χ4v) is 7.67. The van der Waals surface area contributed by atoms with E-state index in [0.717, 1.165) is 0 Å². The Bertz CT molecular complexity index is 966. The lowest BCUT2D eigenvalue weighted by molar-refractivity contribution is -0.402. The van der Waals surface area contributed by atoms with Gasteiger partial charge in [-0.15, -0.1) is 0 Å². The summed E-state index contributed by atoms with van der Waals surface area (Å²) in [7, 11) is -2.11. The first-order chi connectivity index (χ1) is 13.7. The van der Waals surface area contributed by atoms with E-state index >= 15 is 0 Å². The largest absolute Gasteiger partial charge is 0.433 e. The number of hydrogen-bond donors (Lipinski definition) is 0. The highest BCUT2D eigenvalue weighted by atomic mass is 31.2. The third-order valence-electron chi connectivity index (χ3n) is 4.81. The van der Waals surface area contributed by atoms with E-state index < -0.39 is 12.2 Å². The van der Waals surface area contributed by atoms with Crippen LogP contribution in [0.4, 0.5) is 5.88 Å². The molecule has 4 nitrogen and oxygen atoms in total. The molecule has 0 amide bonds. The summed E-state index contributed by atoms with van der Waals surface area (Å²) in [6.45, 7) is 0. The minimum atomic E-state index is -2.11. The Kier molecular flexibility index (Phi) is 5.05. The number of rotatable bonds is 6. The van der Waals surface area contributed by atoms with E-state index in [9.17, 15) is 10.1 Å². The Hall–Kier alpha value is -3.23. The van der Waals surface area contributed by atoms with Gasteiger partial charge in [-0.2, -0.15) is 0 Å². The molecule has 0 saturated carbocycles. The van der Waals surface area contributed by atoms with Gasteiger partial charge in [0.25, 0.3) is 0 Å². The first-order valence-electron chi connectivity index (χ1n) is 8.98. The fourth-order valence-electron chi connectivity index (χ4n) is 3.55. The third-order valence-corrected chi connectivity index (χ3v) is 9.14. The van der Waals surface area contributed by atoms with Crippen molar-refractivity contribution in [1.82, 2.24) is 0 Å². The quantitative estimate of drug-likeness (QED) is 0.274. The number of benzene rings is 3.